The second-order valence-corrected chi connectivity index (χ2v) is 11.0. The third kappa shape index (κ3) is 4.13. The van der Waals surface area contributed by atoms with Gasteiger partial charge in [0.25, 0.3) is 5.92 Å². The summed E-state index contributed by atoms with van der Waals surface area (Å²) in [5.74, 6) is -3.14. The molecule has 0 heterocycles. The van der Waals surface area contributed by atoms with Crippen molar-refractivity contribution in [2.24, 2.45) is 23.2 Å². The number of fused-ring (bicyclic) bond motifs is 5. The highest BCUT2D eigenvalue weighted by Gasteiger charge is 2.67. The van der Waals surface area contributed by atoms with Gasteiger partial charge in [-0.05, 0) is 96.7 Å². The average Bonchev–Trinajstić information content (AvgIpc) is 3.03. The number of phenolic OH excluding ortho intramolecular Hbond substituents is 3. The van der Waals surface area contributed by atoms with Crippen LogP contribution in [0.4, 0.5) is 8.78 Å². The first-order valence-electron chi connectivity index (χ1n) is 12.6. The molecule has 3 unspecified atom stereocenters. The third-order valence-electron chi connectivity index (χ3n) is 9.10. The first-order valence-corrected chi connectivity index (χ1v) is 12.6. The number of carbonyl (C=O) groups excluding carboxylic acids is 1. The summed E-state index contributed by atoms with van der Waals surface area (Å²) in [4.78, 5) is 12.6. The Morgan fingerprint density at radius 2 is 1.89 bits per heavy atom. The Labute approximate surface area is 204 Å². The number of carbonyl (C=O) groups is 1. The summed E-state index contributed by atoms with van der Waals surface area (Å²) in [6, 6.07) is 9.86. The minimum absolute atomic E-state index is 0.139. The van der Waals surface area contributed by atoms with E-state index in [4.69, 9.17) is 0 Å². The first kappa shape index (κ1) is 23.9. The Morgan fingerprint density at radius 3 is 2.66 bits per heavy atom. The van der Waals surface area contributed by atoms with Gasteiger partial charge in [-0.15, -0.1) is 0 Å². The van der Waals surface area contributed by atoms with Gasteiger partial charge in [-0.1, -0.05) is 19.1 Å². The van der Waals surface area contributed by atoms with E-state index in [0.29, 0.717) is 18.4 Å². The van der Waals surface area contributed by atoms with Gasteiger partial charge in [0, 0.05) is 24.8 Å². The van der Waals surface area contributed by atoms with Crippen molar-refractivity contribution < 1.29 is 28.9 Å². The molecule has 3 aliphatic rings. The van der Waals surface area contributed by atoms with Gasteiger partial charge in [0.2, 0.25) is 5.91 Å². The molecule has 188 valence electrons. The lowest BCUT2D eigenvalue weighted by atomic mass is 9.53. The van der Waals surface area contributed by atoms with E-state index >= 15 is 8.78 Å². The van der Waals surface area contributed by atoms with Crippen molar-refractivity contribution in [2.45, 2.75) is 70.3 Å². The summed E-state index contributed by atoms with van der Waals surface area (Å²) in [6.45, 7) is 1.96. The molecule has 0 spiro atoms. The summed E-state index contributed by atoms with van der Waals surface area (Å²) >= 11 is 0. The summed E-state index contributed by atoms with van der Waals surface area (Å²) in [5.41, 5.74) is 1.93. The van der Waals surface area contributed by atoms with Crippen LogP contribution in [0.3, 0.4) is 0 Å². The second-order valence-electron chi connectivity index (χ2n) is 11.0. The molecular formula is C28H33F2NO4. The molecule has 0 aliphatic heterocycles. The fourth-order valence-corrected chi connectivity index (χ4v) is 7.37. The lowest BCUT2D eigenvalue weighted by molar-refractivity contribution is -0.133. The lowest BCUT2D eigenvalue weighted by Gasteiger charge is -2.51. The molecule has 5 nitrogen and oxygen atoms in total. The van der Waals surface area contributed by atoms with Gasteiger partial charge < -0.3 is 20.6 Å². The summed E-state index contributed by atoms with van der Waals surface area (Å²) in [5, 5.41) is 31.7. The van der Waals surface area contributed by atoms with Crippen molar-refractivity contribution in [2.75, 3.05) is 0 Å². The van der Waals surface area contributed by atoms with Crippen LogP contribution in [0.5, 0.6) is 17.2 Å². The maximum atomic E-state index is 15.4. The molecule has 4 N–H and O–H groups in total. The molecule has 7 heteroatoms. The smallest absolute Gasteiger partial charge is 0.253 e. The summed E-state index contributed by atoms with van der Waals surface area (Å²) in [7, 11) is 0. The molecule has 5 rings (SSSR count). The molecule has 2 saturated carbocycles. The maximum Gasteiger partial charge on any atom is 0.253 e. The number of hydrogen-bond donors (Lipinski definition) is 4. The Hall–Kier alpha value is -2.83. The number of halogens is 2. The number of benzene rings is 2. The van der Waals surface area contributed by atoms with Crippen molar-refractivity contribution in [3.05, 3.63) is 53.1 Å². The van der Waals surface area contributed by atoms with Crippen LogP contribution in [-0.4, -0.2) is 27.1 Å². The maximum absolute atomic E-state index is 15.4. The Balaban J connectivity index is 1.29. The van der Waals surface area contributed by atoms with E-state index in [1.165, 1.54) is 17.7 Å². The minimum atomic E-state index is -2.75. The zero-order valence-corrected chi connectivity index (χ0v) is 19.9. The Bertz CT molecular complexity index is 1140. The van der Waals surface area contributed by atoms with E-state index in [1.54, 1.807) is 19.1 Å². The van der Waals surface area contributed by atoms with Crippen molar-refractivity contribution in [1.29, 1.82) is 0 Å². The van der Waals surface area contributed by atoms with Gasteiger partial charge in [0.05, 0.1) is 0 Å². The quantitative estimate of drug-likeness (QED) is 0.414. The number of aryl methyl sites for hydroxylation is 1. The SMILES string of the molecule is C[C@]12CCC3c4ccc(O)cc4CCC3C1[C@H](CCC(=O)NCc1ccc(O)c(O)c1)CC2(F)F. The molecule has 0 saturated heterocycles. The highest BCUT2D eigenvalue weighted by atomic mass is 19.3. The van der Waals surface area contributed by atoms with Crippen LogP contribution >= 0.6 is 0 Å². The van der Waals surface area contributed by atoms with Crippen LogP contribution in [0, 0.1) is 23.2 Å². The van der Waals surface area contributed by atoms with Crippen LogP contribution < -0.4 is 5.32 Å². The summed E-state index contributed by atoms with van der Waals surface area (Å²) in [6.07, 6.45) is 3.27. The fraction of sp³-hybridized carbons (Fsp3) is 0.536. The third-order valence-corrected chi connectivity index (χ3v) is 9.10. The van der Waals surface area contributed by atoms with Gasteiger partial charge in [-0.25, -0.2) is 8.78 Å². The molecule has 0 aromatic heterocycles. The zero-order valence-electron chi connectivity index (χ0n) is 19.9. The topological polar surface area (TPSA) is 89.8 Å². The van der Waals surface area contributed by atoms with Gasteiger partial charge >= 0.3 is 0 Å². The predicted octanol–water partition coefficient (Wildman–Crippen LogP) is 5.62. The Kier molecular flexibility index (Phi) is 5.93. The van der Waals surface area contributed by atoms with Gasteiger partial charge in [-0.2, -0.15) is 0 Å². The molecule has 35 heavy (non-hydrogen) atoms. The summed E-state index contributed by atoms with van der Waals surface area (Å²) < 4.78 is 30.8. The Morgan fingerprint density at radius 1 is 1.09 bits per heavy atom. The van der Waals surface area contributed by atoms with Crippen molar-refractivity contribution >= 4 is 5.91 Å². The molecule has 2 aromatic rings. The van der Waals surface area contributed by atoms with Gasteiger partial charge in [0.15, 0.2) is 11.5 Å². The molecule has 2 fully saturated rings. The lowest BCUT2D eigenvalue weighted by Crippen LogP contribution is -2.47. The van der Waals surface area contributed by atoms with Crippen LogP contribution in [-0.2, 0) is 17.8 Å². The number of hydrogen-bond acceptors (Lipinski definition) is 4. The van der Waals surface area contributed by atoms with Gasteiger partial charge in [-0.3, -0.25) is 4.79 Å². The second kappa shape index (κ2) is 8.68. The van der Waals surface area contributed by atoms with E-state index in [1.807, 2.05) is 12.1 Å². The molecule has 0 bridgehead atoms. The number of amides is 1. The number of nitrogens with one attached hydrogen (secondary N) is 1. The normalized spacial score (nSPS) is 30.7. The molecular weight excluding hydrogens is 452 g/mol. The van der Waals surface area contributed by atoms with E-state index in [-0.39, 0.29) is 66.2 Å². The van der Waals surface area contributed by atoms with Crippen LogP contribution in [0.25, 0.3) is 0 Å². The van der Waals surface area contributed by atoms with Gasteiger partial charge in [0.1, 0.15) is 5.75 Å². The van der Waals surface area contributed by atoms with Crippen LogP contribution in [0.15, 0.2) is 36.4 Å². The highest BCUT2D eigenvalue weighted by Crippen LogP contribution is 2.68. The number of alkyl halides is 2. The van der Waals surface area contributed by atoms with Crippen LogP contribution in [0.1, 0.15) is 68.1 Å². The van der Waals surface area contributed by atoms with Crippen molar-refractivity contribution in [3.63, 3.8) is 0 Å². The predicted molar refractivity (Wildman–Crippen MR) is 127 cm³/mol. The van der Waals surface area contributed by atoms with Crippen molar-refractivity contribution in [3.8, 4) is 17.2 Å². The minimum Gasteiger partial charge on any atom is -0.508 e. The number of rotatable bonds is 5. The first-order chi connectivity index (χ1) is 16.6. The average molecular weight is 486 g/mol. The zero-order chi connectivity index (χ0) is 25.0. The molecule has 0 radical (unpaired) electrons. The standard InChI is InChI=1S/C28H33F2NO4/c1-27-11-10-21-20-7-5-19(32)13-17(20)3-6-22(21)26(27)18(14-28(27,29)30)4-9-25(35)31-15-16-2-8-23(33)24(34)12-16/h2,5,7-8,12-13,18,21-22,26,32-34H,3-4,6,9-11,14-15H2,1H3,(H,31,35)/t18-,21?,22?,26?,27+/m1/s1. The number of aromatic hydroxyl groups is 3. The van der Waals surface area contributed by atoms with E-state index in [9.17, 15) is 20.1 Å². The van der Waals surface area contributed by atoms with E-state index < -0.39 is 11.3 Å². The number of phenols is 3. The van der Waals surface area contributed by atoms with Crippen molar-refractivity contribution in [1.82, 2.24) is 5.32 Å². The molecule has 1 amide bonds. The molecule has 2 aromatic carbocycles. The molecule has 5 atom stereocenters. The molecule has 3 aliphatic carbocycles. The van der Waals surface area contributed by atoms with E-state index in [2.05, 4.69) is 5.32 Å². The van der Waals surface area contributed by atoms with E-state index in [0.717, 1.165) is 24.8 Å². The fourth-order valence-electron chi connectivity index (χ4n) is 7.37. The monoisotopic (exact) mass is 485 g/mol. The largest absolute Gasteiger partial charge is 0.508 e. The highest BCUT2D eigenvalue weighted by molar-refractivity contribution is 5.75. The van der Waals surface area contributed by atoms with Crippen LogP contribution in [0.2, 0.25) is 0 Å².